The molecule has 1 N–H and O–H groups in total. The third-order valence-corrected chi connectivity index (χ3v) is 4.33. The van der Waals surface area contributed by atoms with Gasteiger partial charge in [-0.15, -0.1) is 11.8 Å². The fourth-order valence-corrected chi connectivity index (χ4v) is 2.78. The molecule has 0 bridgehead atoms. The molecule has 0 aliphatic rings. The van der Waals surface area contributed by atoms with Gasteiger partial charge in [0.05, 0.1) is 10.7 Å². The molecule has 2 aromatic rings. The van der Waals surface area contributed by atoms with Gasteiger partial charge in [-0.3, -0.25) is 4.79 Å². The first kappa shape index (κ1) is 17.6. The molecule has 0 atom stereocenters. The molecule has 0 saturated heterocycles. The number of carbonyl (C=O) groups excluding carboxylic acids is 1. The zero-order chi connectivity index (χ0) is 16.7. The summed E-state index contributed by atoms with van der Waals surface area (Å²) >= 11 is 5.08. The molecule has 0 radical (unpaired) electrons. The van der Waals surface area contributed by atoms with Crippen LogP contribution in [0.1, 0.15) is 11.1 Å². The largest absolute Gasteiger partial charge is 0.483 e. The van der Waals surface area contributed by atoms with Crippen molar-refractivity contribution in [2.45, 2.75) is 11.8 Å². The molecule has 120 valence electrons. The summed E-state index contributed by atoms with van der Waals surface area (Å²) in [5.74, 6) is 0.317. The number of rotatable bonds is 6. The van der Waals surface area contributed by atoms with Crippen molar-refractivity contribution in [1.82, 2.24) is 5.43 Å². The highest BCUT2D eigenvalue weighted by Crippen LogP contribution is 2.25. The molecular formula is C17H17BrN2O2S. The summed E-state index contributed by atoms with van der Waals surface area (Å²) in [7, 11) is 0. The predicted octanol–water partition coefficient (Wildman–Crippen LogP) is 4.01. The van der Waals surface area contributed by atoms with E-state index in [0.717, 1.165) is 15.6 Å². The van der Waals surface area contributed by atoms with E-state index >= 15 is 0 Å². The van der Waals surface area contributed by atoms with E-state index in [1.807, 2.05) is 55.6 Å². The van der Waals surface area contributed by atoms with Gasteiger partial charge in [0.1, 0.15) is 5.75 Å². The number of halogens is 1. The lowest BCUT2D eigenvalue weighted by Gasteiger charge is -2.07. The van der Waals surface area contributed by atoms with E-state index < -0.39 is 0 Å². The van der Waals surface area contributed by atoms with Crippen LogP contribution in [0.3, 0.4) is 0 Å². The van der Waals surface area contributed by atoms with Crippen LogP contribution in [-0.2, 0) is 4.79 Å². The molecular weight excluding hydrogens is 376 g/mol. The van der Waals surface area contributed by atoms with Crippen molar-refractivity contribution in [2.24, 2.45) is 5.10 Å². The summed E-state index contributed by atoms with van der Waals surface area (Å²) in [6.07, 6.45) is 3.62. The minimum absolute atomic E-state index is 0.0928. The molecule has 0 heterocycles. The third kappa shape index (κ3) is 5.73. The van der Waals surface area contributed by atoms with Crippen LogP contribution in [0.4, 0.5) is 0 Å². The maximum Gasteiger partial charge on any atom is 0.277 e. The van der Waals surface area contributed by atoms with Crippen LogP contribution >= 0.6 is 27.7 Å². The number of nitrogens with one attached hydrogen (secondary N) is 1. The van der Waals surface area contributed by atoms with Crippen molar-refractivity contribution in [2.75, 3.05) is 12.9 Å². The second-order valence-electron chi connectivity index (χ2n) is 4.79. The van der Waals surface area contributed by atoms with Crippen LogP contribution in [0.25, 0.3) is 0 Å². The molecule has 2 rings (SSSR count). The number of amides is 1. The molecule has 6 heteroatoms. The standard InChI is InChI=1S/C17H17BrN2O2S/c1-12-3-8-16(15(18)9-12)22-11-17(21)20-19-10-13-4-6-14(23-2)7-5-13/h3-10H,11H2,1-2H3,(H,20,21)/b19-10+. The Hall–Kier alpha value is -1.79. The quantitative estimate of drug-likeness (QED) is 0.459. The lowest BCUT2D eigenvalue weighted by molar-refractivity contribution is -0.123. The van der Waals surface area contributed by atoms with Crippen molar-refractivity contribution in [1.29, 1.82) is 0 Å². The Bertz CT molecular complexity index is 702. The fraction of sp³-hybridized carbons (Fsp3) is 0.176. The lowest BCUT2D eigenvalue weighted by atomic mass is 10.2. The lowest BCUT2D eigenvalue weighted by Crippen LogP contribution is -2.24. The molecule has 0 aliphatic heterocycles. The van der Waals surface area contributed by atoms with Crippen LogP contribution in [0.5, 0.6) is 5.75 Å². The highest BCUT2D eigenvalue weighted by atomic mass is 79.9. The van der Waals surface area contributed by atoms with Gasteiger partial charge in [0.2, 0.25) is 0 Å². The first-order valence-electron chi connectivity index (χ1n) is 6.93. The number of carbonyl (C=O) groups is 1. The van der Waals surface area contributed by atoms with Gasteiger partial charge in [-0.05, 0) is 64.5 Å². The van der Waals surface area contributed by atoms with Gasteiger partial charge in [0.15, 0.2) is 6.61 Å². The van der Waals surface area contributed by atoms with Crippen molar-refractivity contribution in [3.05, 3.63) is 58.1 Å². The van der Waals surface area contributed by atoms with E-state index in [2.05, 4.69) is 26.5 Å². The number of thioether (sulfide) groups is 1. The number of hydrazone groups is 1. The topological polar surface area (TPSA) is 50.7 Å². The number of aryl methyl sites for hydroxylation is 1. The Labute approximate surface area is 148 Å². The number of hydrogen-bond donors (Lipinski definition) is 1. The molecule has 0 unspecified atom stereocenters. The average molecular weight is 393 g/mol. The van der Waals surface area contributed by atoms with Gasteiger partial charge in [-0.2, -0.15) is 5.10 Å². The van der Waals surface area contributed by atoms with E-state index in [-0.39, 0.29) is 12.5 Å². The highest BCUT2D eigenvalue weighted by Gasteiger charge is 2.04. The zero-order valence-electron chi connectivity index (χ0n) is 12.9. The zero-order valence-corrected chi connectivity index (χ0v) is 15.3. The smallest absolute Gasteiger partial charge is 0.277 e. The molecule has 4 nitrogen and oxygen atoms in total. The molecule has 1 amide bonds. The van der Waals surface area contributed by atoms with Crippen LogP contribution in [0.2, 0.25) is 0 Å². The normalized spacial score (nSPS) is 10.7. The molecule has 23 heavy (non-hydrogen) atoms. The second-order valence-corrected chi connectivity index (χ2v) is 6.52. The van der Waals surface area contributed by atoms with E-state index in [4.69, 9.17) is 4.74 Å². The summed E-state index contributed by atoms with van der Waals surface area (Å²) in [6.45, 7) is 1.89. The van der Waals surface area contributed by atoms with Crippen LogP contribution in [-0.4, -0.2) is 25.0 Å². The van der Waals surface area contributed by atoms with E-state index in [1.54, 1.807) is 18.0 Å². The van der Waals surface area contributed by atoms with Crippen molar-refractivity contribution >= 4 is 39.8 Å². The Kier molecular flexibility index (Phi) is 6.67. The third-order valence-electron chi connectivity index (χ3n) is 2.96. The fourth-order valence-electron chi connectivity index (χ4n) is 1.77. The Balaban J connectivity index is 1.81. The van der Waals surface area contributed by atoms with Gasteiger partial charge in [0, 0.05) is 4.90 Å². The minimum Gasteiger partial charge on any atom is -0.483 e. The van der Waals surface area contributed by atoms with Crippen molar-refractivity contribution in [3.8, 4) is 5.75 Å². The van der Waals surface area contributed by atoms with Gasteiger partial charge in [-0.25, -0.2) is 5.43 Å². The number of hydrogen-bond acceptors (Lipinski definition) is 4. The van der Waals surface area contributed by atoms with E-state index in [9.17, 15) is 4.79 Å². The van der Waals surface area contributed by atoms with Gasteiger partial charge in [-0.1, -0.05) is 18.2 Å². The summed E-state index contributed by atoms with van der Waals surface area (Å²) in [6, 6.07) is 13.6. The number of nitrogens with zero attached hydrogens (tertiary/aromatic N) is 1. The number of benzene rings is 2. The first-order valence-corrected chi connectivity index (χ1v) is 8.95. The molecule has 2 aromatic carbocycles. The van der Waals surface area contributed by atoms with E-state index in [0.29, 0.717) is 5.75 Å². The molecule has 0 aliphatic carbocycles. The maximum absolute atomic E-state index is 11.7. The summed E-state index contributed by atoms with van der Waals surface area (Å²) in [5, 5.41) is 3.92. The summed E-state index contributed by atoms with van der Waals surface area (Å²) in [4.78, 5) is 12.9. The Morgan fingerprint density at radius 2 is 2.04 bits per heavy atom. The average Bonchev–Trinajstić information content (AvgIpc) is 2.54. The van der Waals surface area contributed by atoms with Gasteiger partial charge >= 0.3 is 0 Å². The molecule has 0 fully saturated rings. The Morgan fingerprint density at radius 1 is 1.30 bits per heavy atom. The van der Waals surface area contributed by atoms with Crippen LogP contribution in [0, 0.1) is 6.92 Å². The van der Waals surface area contributed by atoms with Gasteiger partial charge < -0.3 is 4.74 Å². The van der Waals surface area contributed by atoms with Gasteiger partial charge in [0.25, 0.3) is 5.91 Å². The number of ether oxygens (including phenoxy) is 1. The SMILES string of the molecule is CSc1ccc(/C=N/NC(=O)COc2ccc(C)cc2Br)cc1. The summed E-state index contributed by atoms with van der Waals surface area (Å²) in [5.41, 5.74) is 4.48. The van der Waals surface area contributed by atoms with Crippen LogP contribution in [0.15, 0.2) is 56.9 Å². The molecule has 0 saturated carbocycles. The minimum atomic E-state index is -0.311. The van der Waals surface area contributed by atoms with Crippen molar-refractivity contribution < 1.29 is 9.53 Å². The van der Waals surface area contributed by atoms with Crippen molar-refractivity contribution in [3.63, 3.8) is 0 Å². The van der Waals surface area contributed by atoms with E-state index in [1.165, 1.54) is 4.90 Å². The molecule has 0 spiro atoms. The van der Waals surface area contributed by atoms with Crippen LogP contribution < -0.4 is 10.2 Å². The summed E-state index contributed by atoms with van der Waals surface area (Å²) < 4.78 is 6.27. The highest BCUT2D eigenvalue weighted by molar-refractivity contribution is 9.10. The second kappa shape index (κ2) is 8.74. The molecule has 0 aromatic heterocycles. The predicted molar refractivity (Wildman–Crippen MR) is 98.3 cm³/mol. The Morgan fingerprint density at radius 3 is 2.70 bits per heavy atom. The monoisotopic (exact) mass is 392 g/mol. The maximum atomic E-state index is 11.7. The first-order chi connectivity index (χ1) is 11.1.